The maximum Gasteiger partial charge on any atom is 0.263 e. The van der Waals surface area contributed by atoms with Crippen LogP contribution in [-0.2, 0) is 5.41 Å². The highest BCUT2D eigenvalue weighted by Gasteiger charge is 2.51. The van der Waals surface area contributed by atoms with Crippen molar-refractivity contribution in [2.24, 2.45) is 0 Å². The van der Waals surface area contributed by atoms with E-state index in [2.05, 4.69) is 187 Å². The lowest BCUT2D eigenvalue weighted by molar-refractivity contribution is 0.669. The Balaban J connectivity index is 0.936. The van der Waals surface area contributed by atoms with E-state index in [1.54, 1.807) is 0 Å². The van der Waals surface area contributed by atoms with Gasteiger partial charge in [-0.2, -0.15) is 0 Å². The highest BCUT2D eigenvalue weighted by atomic mass is 16.3. The largest absolute Gasteiger partial charge is 0.456 e. The van der Waals surface area contributed by atoms with Crippen LogP contribution in [0.25, 0.3) is 121 Å². The van der Waals surface area contributed by atoms with Crippen molar-refractivity contribution >= 4 is 81.7 Å². The van der Waals surface area contributed by atoms with Crippen molar-refractivity contribution in [3.8, 4) is 39.1 Å². The van der Waals surface area contributed by atoms with Gasteiger partial charge in [-0.3, -0.25) is 9.20 Å². The number of nitrogens with zero attached hydrogens (tertiary/aromatic N) is 2. The van der Waals surface area contributed by atoms with Crippen LogP contribution >= 0.6 is 0 Å². The van der Waals surface area contributed by atoms with E-state index in [0.717, 1.165) is 76.8 Å². The second-order valence-corrected chi connectivity index (χ2v) is 18.2. The van der Waals surface area contributed by atoms with Gasteiger partial charge in [0.05, 0.1) is 27.5 Å². The molecule has 0 fully saturated rings. The topological polar surface area (TPSA) is 39.5 Å². The monoisotopic (exact) mass is 838 g/mol. The van der Waals surface area contributed by atoms with Crippen LogP contribution in [0.15, 0.2) is 215 Å². The highest BCUT2D eigenvalue weighted by molar-refractivity contribution is 6.21. The summed E-state index contributed by atoms with van der Waals surface area (Å²) in [4.78, 5) is 14.3. The smallest absolute Gasteiger partial charge is 0.263 e. The molecule has 304 valence electrons. The predicted molar refractivity (Wildman–Crippen MR) is 271 cm³/mol. The summed E-state index contributed by atoms with van der Waals surface area (Å²) in [7, 11) is 0. The molecule has 10 aromatic carbocycles. The van der Waals surface area contributed by atoms with Crippen LogP contribution < -0.4 is 5.56 Å². The van der Waals surface area contributed by atoms with Crippen molar-refractivity contribution in [2.45, 2.75) is 5.41 Å². The molecule has 14 aromatic rings. The van der Waals surface area contributed by atoms with Crippen molar-refractivity contribution in [2.75, 3.05) is 0 Å². The number of aromatic nitrogens is 2. The zero-order chi connectivity index (χ0) is 43.0. The highest BCUT2D eigenvalue weighted by Crippen LogP contribution is 2.63. The average molecular weight is 839 g/mol. The molecule has 1 spiro atoms. The van der Waals surface area contributed by atoms with Gasteiger partial charge < -0.3 is 8.98 Å². The summed E-state index contributed by atoms with van der Waals surface area (Å²) >= 11 is 0. The van der Waals surface area contributed by atoms with Gasteiger partial charge >= 0.3 is 0 Å². The fourth-order valence-corrected chi connectivity index (χ4v) is 12.7. The summed E-state index contributed by atoms with van der Waals surface area (Å²) < 4.78 is 11.0. The molecule has 66 heavy (non-hydrogen) atoms. The molecule has 0 amide bonds. The minimum absolute atomic E-state index is 0.00594. The molecule has 16 rings (SSSR count). The van der Waals surface area contributed by atoms with Crippen LogP contribution in [0.3, 0.4) is 0 Å². The molecule has 2 aliphatic rings. The zero-order valence-electron chi connectivity index (χ0n) is 35.3. The normalized spacial score (nSPS) is 13.6. The standard InChI is InChI=1S/C62H34N2O2/c65-61-45-29-27-35(31-46(45)44-20-11-19-43-41-16-4-10-25-55(41)64(61)60(43)44)37-18-12-26-58-59(37)49-32-36(28-30-57(49)66-58)63-54-24-9-5-17-42(54)48-33-53-47(34-56(48)63)40-15-3-8-23-52(40)62(53)50-21-6-1-13-38(50)39-14-2-7-22-51(39)62/h1-34H. The summed E-state index contributed by atoms with van der Waals surface area (Å²) in [6.45, 7) is 0. The second kappa shape index (κ2) is 12.1. The summed E-state index contributed by atoms with van der Waals surface area (Å²) in [5.41, 5.74) is 19.2. The number of hydrogen-bond donors (Lipinski definition) is 0. The quantitative estimate of drug-likeness (QED) is 0.163. The van der Waals surface area contributed by atoms with E-state index in [-0.39, 0.29) is 5.56 Å². The van der Waals surface area contributed by atoms with Gasteiger partial charge in [-0.1, -0.05) is 146 Å². The van der Waals surface area contributed by atoms with Crippen LogP contribution in [-0.4, -0.2) is 8.97 Å². The van der Waals surface area contributed by atoms with Gasteiger partial charge in [0.1, 0.15) is 11.2 Å². The lowest BCUT2D eigenvalue weighted by atomic mass is 9.70. The van der Waals surface area contributed by atoms with Gasteiger partial charge in [-0.15, -0.1) is 0 Å². The van der Waals surface area contributed by atoms with Crippen molar-refractivity contribution in [3.63, 3.8) is 0 Å². The van der Waals surface area contributed by atoms with Gasteiger partial charge in [0.2, 0.25) is 0 Å². The molecule has 4 aromatic heterocycles. The minimum atomic E-state index is -0.420. The molecule has 0 aliphatic heterocycles. The molecule has 0 radical (unpaired) electrons. The molecule has 2 aliphatic carbocycles. The van der Waals surface area contributed by atoms with E-state index in [9.17, 15) is 4.79 Å². The molecule has 0 saturated carbocycles. The fraction of sp³-hybridized carbons (Fsp3) is 0.0161. The van der Waals surface area contributed by atoms with Crippen molar-refractivity contribution in [3.05, 3.63) is 239 Å². The van der Waals surface area contributed by atoms with Crippen molar-refractivity contribution in [1.82, 2.24) is 8.97 Å². The number of fused-ring (bicyclic) bond motifs is 21. The van der Waals surface area contributed by atoms with Gasteiger partial charge in [-0.05, 0) is 122 Å². The van der Waals surface area contributed by atoms with Crippen molar-refractivity contribution < 1.29 is 4.42 Å². The Bertz CT molecular complexity index is 4520. The van der Waals surface area contributed by atoms with E-state index >= 15 is 0 Å². The molecule has 4 heteroatoms. The van der Waals surface area contributed by atoms with Crippen LogP contribution in [0.1, 0.15) is 22.3 Å². The fourth-order valence-electron chi connectivity index (χ4n) is 12.7. The average Bonchev–Trinajstić information content (AvgIpc) is 4.16. The van der Waals surface area contributed by atoms with E-state index in [0.29, 0.717) is 5.39 Å². The number of pyridine rings is 1. The first-order chi connectivity index (χ1) is 32.7. The first kappa shape index (κ1) is 34.7. The van der Waals surface area contributed by atoms with Crippen LogP contribution in [0.4, 0.5) is 0 Å². The third-order valence-corrected chi connectivity index (χ3v) is 15.3. The van der Waals surface area contributed by atoms with E-state index in [4.69, 9.17) is 4.42 Å². The van der Waals surface area contributed by atoms with Gasteiger partial charge in [0, 0.05) is 48.8 Å². The van der Waals surface area contributed by atoms with Crippen LogP contribution in [0.5, 0.6) is 0 Å². The molecular weight excluding hydrogens is 805 g/mol. The summed E-state index contributed by atoms with van der Waals surface area (Å²) in [5.74, 6) is 0. The first-order valence-corrected chi connectivity index (χ1v) is 22.7. The molecule has 0 atom stereocenters. The second-order valence-electron chi connectivity index (χ2n) is 18.2. The molecule has 4 heterocycles. The van der Waals surface area contributed by atoms with E-state index < -0.39 is 5.41 Å². The number of para-hydroxylation sites is 3. The zero-order valence-corrected chi connectivity index (χ0v) is 35.3. The summed E-state index contributed by atoms with van der Waals surface area (Å²) in [6.07, 6.45) is 0. The molecule has 4 nitrogen and oxygen atoms in total. The van der Waals surface area contributed by atoms with Gasteiger partial charge in [0.15, 0.2) is 0 Å². The Hall–Kier alpha value is -8.73. The Morgan fingerprint density at radius 3 is 1.73 bits per heavy atom. The van der Waals surface area contributed by atoms with Gasteiger partial charge in [-0.25, -0.2) is 0 Å². The molecule has 0 unspecified atom stereocenters. The number of rotatable bonds is 2. The third-order valence-electron chi connectivity index (χ3n) is 15.3. The summed E-state index contributed by atoms with van der Waals surface area (Å²) in [6, 6.07) is 74.8. The molecule has 0 saturated heterocycles. The lowest BCUT2D eigenvalue weighted by Crippen LogP contribution is -2.25. The predicted octanol–water partition coefficient (Wildman–Crippen LogP) is 15.2. The summed E-state index contributed by atoms with van der Waals surface area (Å²) in [5, 5.41) is 9.46. The molecular formula is C62H34N2O2. The van der Waals surface area contributed by atoms with Crippen LogP contribution in [0.2, 0.25) is 0 Å². The minimum Gasteiger partial charge on any atom is -0.456 e. The Morgan fingerprint density at radius 2 is 0.970 bits per heavy atom. The maximum absolute atomic E-state index is 14.3. The van der Waals surface area contributed by atoms with Gasteiger partial charge in [0.25, 0.3) is 5.56 Å². The Kier molecular flexibility index (Phi) is 6.36. The maximum atomic E-state index is 14.3. The number of furan rings is 1. The third kappa shape index (κ3) is 4.06. The van der Waals surface area contributed by atoms with Crippen LogP contribution in [0, 0.1) is 0 Å². The number of hydrogen-bond acceptors (Lipinski definition) is 2. The molecule has 0 N–H and O–H groups in total. The number of benzene rings is 10. The Morgan fingerprint density at radius 1 is 0.364 bits per heavy atom. The first-order valence-electron chi connectivity index (χ1n) is 22.7. The van der Waals surface area contributed by atoms with E-state index in [1.807, 2.05) is 28.7 Å². The SMILES string of the molecule is O=c1c2ccc(-c3cccc4oc5ccc(-n6c7ccccc7c7cc8c(cc76)-c6ccccc6C86c7ccccc7-c7ccccc76)cc5c34)cc2c2cccc3c4ccccc4n1c23. The van der Waals surface area contributed by atoms with E-state index in [1.165, 1.54) is 60.8 Å². The van der Waals surface area contributed by atoms with Crippen molar-refractivity contribution in [1.29, 1.82) is 0 Å². The Labute approximate surface area is 376 Å². The molecule has 0 bridgehead atoms. The lowest BCUT2D eigenvalue weighted by Gasteiger charge is -2.30.